The minimum Gasteiger partial charge on any atom is -0.369 e. The van der Waals surface area contributed by atoms with Gasteiger partial charge < -0.3 is 10.1 Å². The fourth-order valence-electron chi connectivity index (χ4n) is 3.31. The van der Waals surface area contributed by atoms with Gasteiger partial charge in [-0.1, -0.05) is 19.8 Å². The molecule has 2 heterocycles. The van der Waals surface area contributed by atoms with Crippen molar-refractivity contribution in [2.75, 3.05) is 13.2 Å². The summed E-state index contributed by atoms with van der Waals surface area (Å²) in [5, 5.41) is 5.92. The number of hydrogen-bond acceptors (Lipinski definition) is 3. The highest BCUT2D eigenvalue weighted by Crippen LogP contribution is 2.37. The van der Waals surface area contributed by atoms with E-state index in [9.17, 15) is 0 Å². The lowest BCUT2D eigenvalue weighted by Gasteiger charge is -2.45. The third kappa shape index (κ3) is 2.67. The summed E-state index contributed by atoms with van der Waals surface area (Å²) < 4.78 is 7.31. The lowest BCUT2D eigenvalue weighted by Crippen LogP contribution is -2.56. The summed E-state index contributed by atoms with van der Waals surface area (Å²) in [6.07, 6.45) is 5.51. The van der Waals surface area contributed by atoms with Crippen molar-refractivity contribution in [2.24, 2.45) is 5.92 Å². The number of morpholine rings is 1. The van der Waals surface area contributed by atoms with Crippen LogP contribution in [0.2, 0.25) is 0 Å². The molecule has 1 aromatic heterocycles. The molecule has 0 aromatic carbocycles. The van der Waals surface area contributed by atoms with E-state index in [2.05, 4.69) is 39.6 Å². The van der Waals surface area contributed by atoms with Crippen LogP contribution in [0.1, 0.15) is 43.6 Å². The predicted molar refractivity (Wildman–Crippen MR) is 79.1 cm³/mol. The summed E-state index contributed by atoms with van der Waals surface area (Å²) in [6.45, 7) is 4.20. The summed E-state index contributed by atoms with van der Waals surface area (Å²) in [5.74, 6) is 0.835. The second-order valence-corrected chi connectivity index (χ2v) is 7.69. The topological polar surface area (TPSA) is 21.3 Å². The number of halogens is 1. The molecule has 1 N–H and O–H groups in total. The number of hydrogen-bond donors (Lipinski definition) is 1. The molecular formula is C14H20BrNOS. The van der Waals surface area contributed by atoms with E-state index in [-0.39, 0.29) is 11.6 Å². The van der Waals surface area contributed by atoms with Gasteiger partial charge in [-0.2, -0.15) is 0 Å². The van der Waals surface area contributed by atoms with Crippen LogP contribution in [-0.4, -0.2) is 18.7 Å². The van der Waals surface area contributed by atoms with Crippen molar-refractivity contribution in [3.63, 3.8) is 0 Å². The summed E-state index contributed by atoms with van der Waals surface area (Å²) in [6, 6.07) is 2.18. The zero-order chi connectivity index (χ0) is 12.6. The average molecular weight is 330 g/mol. The maximum atomic E-state index is 6.15. The standard InChI is InChI=1S/C14H20BrNOS/c1-10-3-2-4-14(6-10)9-17-12(7-16-14)13-5-11(15)8-18-13/h5,8,10,12,16H,2-4,6-7,9H2,1H3. The molecule has 1 aliphatic heterocycles. The first-order valence-corrected chi connectivity index (χ1v) is 8.45. The fourth-order valence-corrected chi connectivity index (χ4v) is 4.80. The number of ether oxygens (including phenoxy) is 1. The van der Waals surface area contributed by atoms with Crippen molar-refractivity contribution in [2.45, 2.75) is 44.2 Å². The molecule has 0 radical (unpaired) electrons. The predicted octanol–water partition coefficient (Wildman–Crippen LogP) is 4.12. The molecule has 1 saturated heterocycles. The lowest BCUT2D eigenvalue weighted by atomic mass is 9.76. The van der Waals surface area contributed by atoms with Crippen LogP contribution in [0.5, 0.6) is 0 Å². The summed E-state index contributed by atoms with van der Waals surface area (Å²) in [5.41, 5.74) is 0.267. The van der Waals surface area contributed by atoms with E-state index in [1.807, 2.05) is 0 Å². The fraction of sp³-hybridized carbons (Fsp3) is 0.714. The van der Waals surface area contributed by atoms with Gasteiger partial charge in [0, 0.05) is 26.8 Å². The van der Waals surface area contributed by atoms with Crippen LogP contribution in [0.4, 0.5) is 0 Å². The molecule has 1 aromatic rings. The van der Waals surface area contributed by atoms with Crippen LogP contribution >= 0.6 is 27.3 Å². The smallest absolute Gasteiger partial charge is 0.104 e. The summed E-state index contributed by atoms with van der Waals surface area (Å²) in [4.78, 5) is 1.33. The van der Waals surface area contributed by atoms with Gasteiger partial charge in [-0.15, -0.1) is 11.3 Å². The van der Waals surface area contributed by atoms with Crippen molar-refractivity contribution in [1.82, 2.24) is 5.32 Å². The Morgan fingerprint density at radius 3 is 3.06 bits per heavy atom. The molecule has 1 saturated carbocycles. The lowest BCUT2D eigenvalue weighted by molar-refractivity contribution is -0.0513. The molecule has 3 rings (SSSR count). The third-order valence-electron chi connectivity index (χ3n) is 4.22. The van der Waals surface area contributed by atoms with Crippen LogP contribution in [0, 0.1) is 5.92 Å². The number of nitrogens with one attached hydrogen (secondary N) is 1. The van der Waals surface area contributed by atoms with Gasteiger partial charge in [0.05, 0.1) is 6.61 Å². The van der Waals surface area contributed by atoms with Crippen LogP contribution < -0.4 is 5.32 Å². The Hall–Kier alpha value is 0.1000. The normalized spacial score (nSPS) is 37.0. The van der Waals surface area contributed by atoms with Crippen molar-refractivity contribution in [3.05, 3.63) is 20.8 Å². The Bertz CT molecular complexity index is 412. The van der Waals surface area contributed by atoms with E-state index in [0.717, 1.165) is 23.5 Å². The zero-order valence-electron chi connectivity index (χ0n) is 10.7. The molecule has 0 bridgehead atoms. The van der Waals surface area contributed by atoms with Gasteiger partial charge in [-0.3, -0.25) is 0 Å². The summed E-state index contributed by atoms with van der Waals surface area (Å²) >= 11 is 5.29. The van der Waals surface area contributed by atoms with Gasteiger partial charge in [0.1, 0.15) is 6.10 Å². The highest BCUT2D eigenvalue weighted by molar-refractivity contribution is 9.10. The molecule has 0 amide bonds. The molecule has 3 unspecified atom stereocenters. The number of rotatable bonds is 1. The van der Waals surface area contributed by atoms with E-state index < -0.39 is 0 Å². The molecular weight excluding hydrogens is 310 g/mol. The Balaban J connectivity index is 1.64. The first-order valence-electron chi connectivity index (χ1n) is 6.77. The van der Waals surface area contributed by atoms with Gasteiger partial charge in [0.25, 0.3) is 0 Å². The third-order valence-corrected chi connectivity index (χ3v) is 6.01. The summed E-state index contributed by atoms with van der Waals surface area (Å²) in [7, 11) is 0. The molecule has 1 aliphatic carbocycles. The molecule has 100 valence electrons. The Morgan fingerprint density at radius 1 is 1.56 bits per heavy atom. The maximum absolute atomic E-state index is 6.15. The molecule has 2 aliphatic rings. The van der Waals surface area contributed by atoms with Crippen molar-refractivity contribution >= 4 is 27.3 Å². The van der Waals surface area contributed by atoms with Gasteiger partial charge in [-0.05, 0) is 40.8 Å². The van der Waals surface area contributed by atoms with E-state index in [0.29, 0.717) is 0 Å². The van der Waals surface area contributed by atoms with Crippen LogP contribution in [0.15, 0.2) is 15.9 Å². The van der Waals surface area contributed by atoms with Gasteiger partial charge in [-0.25, -0.2) is 0 Å². The quantitative estimate of drug-likeness (QED) is 0.836. The molecule has 2 nitrogen and oxygen atoms in total. The largest absolute Gasteiger partial charge is 0.369 e. The molecule has 1 spiro atoms. The first kappa shape index (κ1) is 13.1. The van der Waals surface area contributed by atoms with Crippen molar-refractivity contribution in [3.8, 4) is 0 Å². The van der Waals surface area contributed by atoms with Gasteiger partial charge in [0.15, 0.2) is 0 Å². The van der Waals surface area contributed by atoms with Crippen LogP contribution in [-0.2, 0) is 4.74 Å². The van der Waals surface area contributed by atoms with Crippen LogP contribution in [0.25, 0.3) is 0 Å². The molecule has 18 heavy (non-hydrogen) atoms. The molecule has 4 heteroatoms. The SMILES string of the molecule is CC1CCCC2(COC(c3cc(Br)cs3)CN2)C1. The highest BCUT2D eigenvalue weighted by Gasteiger charge is 2.39. The minimum absolute atomic E-state index is 0.240. The van der Waals surface area contributed by atoms with E-state index >= 15 is 0 Å². The minimum atomic E-state index is 0.240. The van der Waals surface area contributed by atoms with Crippen molar-refractivity contribution in [1.29, 1.82) is 0 Å². The first-order chi connectivity index (χ1) is 8.67. The maximum Gasteiger partial charge on any atom is 0.104 e. The second kappa shape index (κ2) is 5.23. The molecule has 3 atom stereocenters. The van der Waals surface area contributed by atoms with E-state index in [4.69, 9.17) is 4.74 Å². The molecule has 2 fully saturated rings. The second-order valence-electron chi connectivity index (χ2n) is 5.83. The Labute approximate surface area is 121 Å². The van der Waals surface area contributed by atoms with Gasteiger partial charge >= 0.3 is 0 Å². The zero-order valence-corrected chi connectivity index (χ0v) is 13.1. The monoisotopic (exact) mass is 329 g/mol. The van der Waals surface area contributed by atoms with Crippen LogP contribution in [0.3, 0.4) is 0 Å². The average Bonchev–Trinajstić information content (AvgIpc) is 2.77. The Morgan fingerprint density at radius 2 is 2.44 bits per heavy atom. The van der Waals surface area contributed by atoms with E-state index in [1.54, 1.807) is 11.3 Å². The van der Waals surface area contributed by atoms with E-state index in [1.165, 1.54) is 30.6 Å². The van der Waals surface area contributed by atoms with Crippen molar-refractivity contribution < 1.29 is 4.74 Å². The number of thiophene rings is 1. The van der Waals surface area contributed by atoms with Gasteiger partial charge in [0.2, 0.25) is 0 Å². The Kier molecular flexibility index (Phi) is 3.81. The highest BCUT2D eigenvalue weighted by atomic mass is 79.9.